The highest BCUT2D eigenvalue weighted by Crippen LogP contribution is 2.25. The molecule has 4 nitrogen and oxygen atoms in total. The molecule has 4 heteroatoms. The molecule has 2 rings (SSSR count). The highest BCUT2D eigenvalue weighted by Gasteiger charge is 2.30. The van der Waals surface area contributed by atoms with Crippen molar-refractivity contribution in [3.63, 3.8) is 0 Å². The highest BCUT2D eigenvalue weighted by molar-refractivity contribution is 5.72. The van der Waals surface area contributed by atoms with Crippen LogP contribution in [0.2, 0.25) is 0 Å². The van der Waals surface area contributed by atoms with E-state index in [0.717, 1.165) is 38.0 Å². The van der Waals surface area contributed by atoms with Gasteiger partial charge in [0.2, 0.25) is 0 Å². The van der Waals surface area contributed by atoms with Crippen molar-refractivity contribution in [2.75, 3.05) is 27.3 Å². The zero-order valence-corrected chi connectivity index (χ0v) is 13.2. The van der Waals surface area contributed by atoms with Crippen molar-refractivity contribution in [1.82, 2.24) is 4.90 Å². The minimum atomic E-state index is -0.192. The number of rotatable bonds is 5. The van der Waals surface area contributed by atoms with E-state index >= 15 is 0 Å². The molecule has 0 spiro atoms. The molecule has 1 aromatic rings. The van der Waals surface area contributed by atoms with Gasteiger partial charge in [0.25, 0.3) is 0 Å². The third-order valence-corrected chi connectivity index (χ3v) is 4.31. The van der Waals surface area contributed by atoms with E-state index in [4.69, 9.17) is 9.47 Å². The standard InChI is InChI=1S/C17H25NO3/c1-17(21-3)9-6-10-18(13-17)12-15-8-5-4-7-14(15)11-16(19)20-2/h4-5,7-8H,6,9-13H2,1-3H3. The Morgan fingerprint density at radius 1 is 1.29 bits per heavy atom. The van der Waals surface area contributed by atoms with Crippen molar-refractivity contribution in [2.24, 2.45) is 0 Å². The molecule has 116 valence electrons. The van der Waals surface area contributed by atoms with Gasteiger partial charge in [-0.3, -0.25) is 9.69 Å². The Bertz CT molecular complexity index is 489. The summed E-state index contributed by atoms with van der Waals surface area (Å²) in [7, 11) is 3.22. The SMILES string of the molecule is COC(=O)Cc1ccccc1CN1CCCC(C)(OC)C1. The van der Waals surface area contributed by atoms with Crippen LogP contribution in [0.3, 0.4) is 0 Å². The Morgan fingerprint density at radius 3 is 2.67 bits per heavy atom. The second-order valence-corrected chi connectivity index (χ2v) is 5.99. The zero-order valence-electron chi connectivity index (χ0n) is 13.2. The molecule has 21 heavy (non-hydrogen) atoms. The molecule has 0 saturated carbocycles. The van der Waals surface area contributed by atoms with Crippen LogP contribution in [-0.4, -0.2) is 43.8 Å². The fourth-order valence-corrected chi connectivity index (χ4v) is 2.96. The van der Waals surface area contributed by atoms with Gasteiger partial charge in [0.1, 0.15) is 0 Å². The van der Waals surface area contributed by atoms with Crippen molar-refractivity contribution in [2.45, 2.75) is 38.3 Å². The van der Waals surface area contributed by atoms with Crippen LogP contribution >= 0.6 is 0 Å². The molecule has 0 amide bonds. The number of carbonyl (C=O) groups excluding carboxylic acids is 1. The normalized spacial score (nSPS) is 23.0. The van der Waals surface area contributed by atoms with Crippen molar-refractivity contribution in [1.29, 1.82) is 0 Å². The summed E-state index contributed by atoms with van der Waals surface area (Å²) >= 11 is 0. The monoisotopic (exact) mass is 291 g/mol. The predicted octanol–water partition coefficient (Wildman–Crippen LogP) is 2.40. The van der Waals surface area contributed by atoms with Crippen molar-refractivity contribution >= 4 is 5.97 Å². The average molecular weight is 291 g/mol. The van der Waals surface area contributed by atoms with Gasteiger partial charge in [-0.2, -0.15) is 0 Å². The van der Waals surface area contributed by atoms with Crippen LogP contribution in [0.5, 0.6) is 0 Å². The molecular weight excluding hydrogens is 266 g/mol. The van der Waals surface area contributed by atoms with E-state index in [0.29, 0.717) is 6.42 Å². The van der Waals surface area contributed by atoms with E-state index in [9.17, 15) is 4.79 Å². The smallest absolute Gasteiger partial charge is 0.309 e. The number of nitrogens with zero attached hydrogens (tertiary/aromatic N) is 1. The van der Waals surface area contributed by atoms with Crippen LogP contribution in [0, 0.1) is 0 Å². The Kier molecular flexibility index (Phi) is 5.37. The average Bonchev–Trinajstić information content (AvgIpc) is 2.49. The summed E-state index contributed by atoms with van der Waals surface area (Å²) in [5.74, 6) is -0.192. The van der Waals surface area contributed by atoms with Crippen molar-refractivity contribution in [3.05, 3.63) is 35.4 Å². The molecule has 1 aromatic carbocycles. The van der Waals surface area contributed by atoms with Gasteiger partial charge in [-0.15, -0.1) is 0 Å². The number of likely N-dealkylation sites (tertiary alicyclic amines) is 1. The summed E-state index contributed by atoms with van der Waals surface area (Å²) in [5.41, 5.74) is 2.19. The van der Waals surface area contributed by atoms with Gasteiger partial charge in [0.15, 0.2) is 0 Å². The van der Waals surface area contributed by atoms with E-state index in [1.807, 2.05) is 18.2 Å². The molecule has 0 aliphatic carbocycles. The van der Waals surface area contributed by atoms with Gasteiger partial charge in [0, 0.05) is 20.2 Å². The second-order valence-electron chi connectivity index (χ2n) is 5.99. The van der Waals surface area contributed by atoms with Crippen LogP contribution < -0.4 is 0 Å². The van der Waals surface area contributed by atoms with Crippen LogP contribution in [0.15, 0.2) is 24.3 Å². The summed E-state index contributed by atoms with van der Waals surface area (Å²) in [6, 6.07) is 8.09. The van der Waals surface area contributed by atoms with E-state index in [2.05, 4.69) is 17.9 Å². The van der Waals surface area contributed by atoms with Gasteiger partial charge < -0.3 is 9.47 Å². The number of methoxy groups -OCH3 is 2. The van der Waals surface area contributed by atoms with Crippen LogP contribution in [0.25, 0.3) is 0 Å². The molecule has 1 heterocycles. The quantitative estimate of drug-likeness (QED) is 0.781. The van der Waals surface area contributed by atoms with E-state index in [-0.39, 0.29) is 11.6 Å². The summed E-state index contributed by atoms with van der Waals surface area (Å²) in [5, 5.41) is 0. The fourth-order valence-electron chi connectivity index (χ4n) is 2.96. The molecule has 1 aliphatic heterocycles. The molecule has 0 radical (unpaired) electrons. The van der Waals surface area contributed by atoms with E-state index in [1.165, 1.54) is 12.7 Å². The van der Waals surface area contributed by atoms with Gasteiger partial charge >= 0.3 is 5.97 Å². The van der Waals surface area contributed by atoms with E-state index < -0.39 is 0 Å². The summed E-state index contributed by atoms with van der Waals surface area (Å²) < 4.78 is 10.4. The molecule has 1 aliphatic rings. The predicted molar refractivity (Wildman–Crippen MR) is 82.1 cm³/mol. The summed E-state index contributed by atoms with van der Waals surface area (Å²) in [4.78, 5) is 13.9. The zero-order chi connectivity index (χ0) is 15.3. The summed E-state index contributed by atoms with van der Waals surface area (Å²) in [6.07, 6.45) is 2.58. The molecule has 1 unspecified atom stereocenters. The number of piperidine rings is 1. The maximum absolute atomic E-state index is 11.5. The minimum Gasteiger partial charge on any atom is -0.469 e. The number of benzene rings is 1. The van der Waals surface area contributed by atoms with Gasteiger partial charge in [-0.25, -0.2) is 0 Å². The molecule has 0 N–H and O–H groups in total. The molecule has 1 atom stereocenters. The topological polar surface area (TPSA) is 38.8 Å². The molecule has 1 saturated heterocycles. The van der Waals surface area contributed by atoms with Gasteiger partial charge in [-0.1, -0.05) is 24.3 Å². The third kappa shape index (κ3) is 4.29. The first-order chi connectivity index (χ1) is 10.1. The van der Waals surface area contributed by atoms with Crippen LogP contribution in [0.4, 0.5) is 0 Å². The Hall–Kier alpha value is -1.39. The Morgan fingerprint density at radius 2 is 2.00 bits per heavy atom. The van der Waals surface area contributed by atoms with Gasteiger partial charge in [-0.05, 0) is 37.4 Å². The number of ether oxygens (including phenoxy) is 2. The lowest BCUT2D eigenvalue weighted by Crippen LogP contribution is -2.46. The second kappa shape index (κ2) is 7.05. The van der Waals surface area contributed by atoms with Crippen LogP contribution in [-0.2, 0) is 27.2 Å². The fraction of sp³-hybridized carbons (Fsp3) is 0.588. The van der Waals surface area contributed by atoms with Crippen LogP contribution in [0.1, 0.15) is 30.9 Å². The first-order valence-electron chi connectivity index (χ1n) is 7.47. The largest absolute Gasteiger partial charge is 0.469 e. The van der Waals surface area contributed by atoms with Crippen molar-refractivity contribution < 1.29 is 14.3 Å². The molecular formula is C17H25NO3. The molecule has 0 aromatic heterocycles. The first kappa shape index (κ1) is 16.0. The number of carbonyl (C=O) groups is 1. The van der Waals surface area contributed by atoms with Crippen molar-refractivity contribution in [3.8, 4) is 0 Å². The maximum Gasteiger partial charge on any atom is 0.309 e. The lowest BCUT2D eigenvalue weighted by molar-refractivity contribution is -0.139. The highest BCUT2D eigenvalue weighted by atomic mass is 16.5. The number of hydrogen-bond donors (Lipinski definition) is 0. The Balaban J connectivity index is 2.07. The number of hydrogen-bond acceptors (Lipinski definition) is 4. The summed E-state index contributed by atoms with van der Waals surface area (Å²) in [6.45, 7) is 5.02. The third-order valence-electron chi connectivity index (χ3n) is 4.31. The first-order valence-corrected chi connectivity index (χ1v) is 7.47. The lowest BCUT2D eigenvalue weighted by Gasteiger charge is -2.39. The van der Waals surface area contributed by atoms with Gasteiger partial charge in [0.05, 0.1) is 19.1 Å². The molecule has 0 bridgehead atoms. The molecule has 1 fully saturated rings. The lowest BCUT2D eigenvalue weighted by atomic mass is 9.94. The minimum absolute atomic E-state index is 0.0600. The number of esters is 1. The van der Waals surface area contributed by atoms with E-state index in [1.54, 1.807) is 7.11 Å². The Labute approximate surface area is 127 Å². The maximum atomic E-state index is 11.5.